The summed E-state index contributed by atoms with van der Waals surface area (Å²) in [4.78, 5) is 27.4. The summed E-state index contributed by atoms with van der Waals surface area (Å²) in [6.45, 7) is 7.35. The van der Waals surface area contributed by atoms with Crippen LogP contribution in [0.3, 0.4) is 0 Å². The van der Waals surface area contributed by atoms with E-state index in [9.17, 15) is 9.59 Å². The molecule has 2 aromatic rings. The molecule has 1 aliphatic rings. The molecule has 1 heterocycles. The molecule has 0 radical (unpaired) electrons. The summed E-state index contributed by atoms with van der Waals surface area (Å²) in [6.07, 6.45) is 1.54. The third-order valence-corrected chi connectivity index (χ3v) is 6.02. The van der Waals surface area contributed by atoms with Gasteiger partial charge < -0.3 is 15.5 Å². The first-order valence-electron chi connectivity index (χ1n) is 9.93. The number of nitrogens with zero attached hydrogens (tertiary/aromatic N) is 1. The van der Waals surface area contributed by atoms with Crippen LogP contribution < -0.4 is 10.6 Å². The first-order chi connectivity index (χ1) is 13.8. The maximum absolute atomic E-state index is 12.9. The van der Waals surface area contributed by atoms with E-state index >= 15 is 0 Å². The molecule has 0 bridgehead atoms. The van der Waals surface area contributed by atoms with Crippen molar-refractivity contribution in [2.45, 2.75) is 40.2 Å². The van der Waals surface area contributed by atoms with Crippen molar-refractivity contribution >= 4 is 29.2 Å². The van der Waals surface area contributed by atoms with E-state index in [4.69, 9.17) is 11.6 Å². The molecule has 5 nitrogen and oxygen atoms in total. The van der Waals surface area contributed by atoms with Crippen molar-refractivity contribution in [1.82, 2.24) is 10.2 Å². The number of piperidine rings is 1. The molecule has 0 aliphatic carbocycles. The number of anilines is 1. The van der Waals surface area contributed by atoms with Crippen molar-refractivity contribution in [3.63, 3.8) is 0 Å². The van der Waals surface area contributed by atoms with Gasteiger partial charge in [0.15, 0.2) is 0 Å². The number of halogens is 1. The van der Waals surface area contributed by atoms with Gasteiger partial charge in [0.05, 0.1) is 5.41 Å². The SMILES string of the molecule is Cc1ccc(CNC(=O)C2(C)CCCN(C(=O)Nc3cccc(Cl)c3C)C2)cc1. The average molecular weight is 414 g/mol. The molecule has 0 aromatic heterocycles. The minimum absolute atomic E-state index is 0.0190. The van der Waals surface area contributed by atoms with Crippen LogP contribution in [0, 0.1) is 19.3 Å². The molecule has 1 atom stereocenters. The first-order valence-corrected chi connectivity index (χ1v) is 10.3. The zero-order valence-corrected chi connectivity index (χ0v) is 18.0. The second-order valence-corrected chi connectivity index (χ2v) is 8.50. The number of hydrogen-bond acceptors (Lipinski definition) is 2. The third-order valence-electron chi connectivity index (χ3n) is 5.61. The van der Waals surface area contributed by atoms with Gasteiger partial charge in [0.1, 0.15) is 0 Å². The number of rotatable bonds is 4. The fraction of sp³-hybridized carbons (Fsp3) is 0.391. The minimum Gasteiger partial charge on any atom is -0.351 e. The van der Waals surface area contributed by atoms with E-state index in [1.165, 1.54) is 5.56 Å². The summed E-state index contributed by atoms with van der Waals surface area (Å²) < 4.78 is 0. The zero-order valence-electron chi connectivity index (χ0n) is 17.2. The van der Waals surface area contributed by atoms with Gasteiger partial charge in [-0.3, -0.25) is 4.79 Å². The molecule has 2 aromatic carbocycles. The van der Waals surface area contributed by atoms with E-state index in [2.05, 4.69) is 10.6 Å². The molecule has 3 rings (SSSR count). The highest BCUT2D eigenvalue weighted by Gasteiger charge is 2.39. The van der Waals surface area contributed by atoms with Crippen LogP contribution in [0.1, 0.15) is 36.5 Å². The molecule has 0 saturated carbocycles. The summed E-state index contributed by atoms with van der Waals surface area (Å²) in [5.41, 5.74) is 3.17. The Balaban J connectivity index is 1.61. The Morgan fingerprint density at radius 1 is 1.14 bits per heavy atom. The number of carbonyl (C=O) groups is 2. The molecule has 0 spiro atoms. The van der Waals surface area contributed by atoms with Crippen LogP contribution in [0.2, 0.25) is 5.02 Å². The number of urea groups is 1. The highest BCUT2D eigenvalue weighted by Crippen LogP contribution is 2.31. The Labute approximate surface area is 177 Å². The van der Waals surface area contributed by atoms with Crippen LogP contribution in [0.25, 0.3) is 0 Å². The number of carbonyl (C=O) groups excluding carboxylic acids is 2. The Hall–Kier alpha value is -2.53. The average Bonchev–Trinajstić information content (AvgIpc) is 2.70. The predicted molar refractivity (Wildman–Crippen MR) is 117 cm³/mol. The van der Waals surface area contributed by atoms with Crippen molar-refractivity contribution in [3.8, 4) is 0 Å². The second kappa shape index (κ2) is 8.87. The normalized spacial score (nSPS) is 19.0. The third kappa shape index (κ3) is 5.10. The Bertz CT molecular complexity index is 897. The van der Waals surface area contributed by atoms with E-state index < -0.39 is 5.41 Å². The molecular weight excluding hydrogens is 386 g/mol. The van der Waals surface area contributed by atoms with Crippen LogP contribution >= 0.6 is 11.6 Å². The molecule has 1 aliphatic heterocycles. The standard InChI is InChI=1S/C23H28ClN3O2/c1-16-8-10-18(11-9-16)14-25-21(28)23(3)12-5-13-27(15-23)22(29)26-20-7-4-6-19(24)17(20)2/h4,6-11H,5,12-15H2,1-3H3,(H,25,28)(H,26,29). The highest BCUT2D eigenvalue weighted by atomic mass is 35.5. The first kappa shape index (κ1) is 21.2. The lowest BCUT2D eigenvalue weighted by atomic mass is 9.81. The predicted octanol–water partition coefficient (Wildman–Crippen LogP) is 4.91. The van der Waals surface area contributed by atoms with Crippen LogP contribution in [-0.4, -0.2) is 29.9 Å². The number of benzene rings is 2. The van der Waals surface area contributed by atoms with Gasteiger partial charge in [-0.25, -0.2) is 4.79 Å². The van der Waals surface area contributed by atoms with E-state index in [1.807, 2.05) is 57.2 Å². The topological polar surface area (TPSA) is 61.4 Å². The van der Waals surface area contributed by atoms with Gasteiger partial charge in [-0.15, -0.1) is 0 Å². The van der Waals surface area contributed by atoms with Gasteiger partial charge in [-0.2, -0.15) is 0 Å². The molecule has 154 valence electrons. The zero-order chi connectivity index (χ0) is 21.0. The molecule has 6 heteroatoms. The Kier molecular flexibility index (Phi) is 6.48. The lowest BCUT2D eigenvalue weighted by molar-refractivity contribution is -0.132. The van der Waals surface area contributed by atoms with Crippen molar-refractivity contribution in [2.75, 3.05) is 18.4 Å². The van der Waals surface area contributed by atoms with Crippen molar-refractivity contribution in [3.05, 3.63) is 64.2 Å². The number of amides is 3. The van der Waals surface area contributed by atoms with Gasteiger partial charge in [-0.1, -0.05) is 47.5 Å². The summed E-state index contributed by atoms with van der Waals surface area (Å²) in [5.74, 6) is -0.0190. The molecule has 3 amide bonds. The molecule has 1 saturated heterocycles. The largest absolute Gasteiger partial charge is 0.351 e. The van der Waals surface area contributed by atoms with Crippen molar-refractivity contribution < 1.29 is 9.59 Å². The van der Waals surface area contributed by atoms with E-state index in [1.54, 1.807) is 11.0 Å². The number of hydrogen-bond donors (Lipinski definition) is 2. The molecule has 1 fully saturated rings. The second-order valence-electron chi connectivity index (χ2n) is 8.10. The summed E-state index contributed by atoms with van der Waals surface area (Å²) >= 11 is 6.15. The van der Waals surface area contributed by atoms with Gasteiger partial charge >= 0.3 is 6.03 Å². The lowest BCUT2D eigenvalue weighted by Gasteiger charge is -2.39. The fourth-order valence-electron chi connectivity index (χ4n) is 3.64. The molecule has 29 heavy (non-hydrogen) atoms. The van der Waals surface area contributed by atoms with Gasteiger partial charge in [-0.05, 0) is 56.9 Å². The molecular formula is C23H28ClN3O2. The summed E-state index contributed by atoms with van der Waals surface area (Å²) in [7, 11) is 0. The maximum atomic E-state index is 12.9. The van der Waals surface area contributed by atoms with Crippen molar-refractivity contribution in [2.24, 2.45) is 5.41 Å². The molecule has 1 unspecified atom stereocenters. The van der Waals surface area contributed by atoms with Crippen LogP contribution in [0.5, 0.6) is 0 Å². The monoisotopic (exact) mass is 413 g/mol. The van der Waals surface area contributed by atoms with E-state index in [0.717, 1.165) is 24.0 Å². The lowest BCUT2D eigenvalue weighted by Crippen LogP contribution is -2.52. The Morgan fingerprint density at radius 3 is 2.59 bits per heavy atom. The minimum atomic E-state index is -0.607. The van der Waals surface area contributed by atoms with Crippen LogP contribution in [0.15, 0.2) is 42.5 Å². The fourth-order valence-corrected chi connectivity index (χ4v) is 3.81. The van der Waals surface area contributed by atoms with E-state index in [-0.39, 0.29) is 11.9 Å². The molecule has 2 N–H and O–H groups in total. The summed E-state index contributed by atoms with van der Waals surface area (Å²) in [5, 5.41) is 6.58. The maximum Gasteiger partial charge on any atom is 0.321 e. The number of aryl methyl sites for hydroxylation is 1. The quantitative estimate of drug-likeness (QED) is 0.748. The van der Waals surface area contributed by atoms with Gasteiger partial charge in [0, 0.05) is 30.3 Å². The van der Waals surface area contributed by atoms with Crippen molar-refractivity contribution in [1.29, 1.82) is 0 Å². The van der Waals surface area contributed by atoms with E-state index in [0.29, 0.717) is 30.3 Å². The van der Waals surface area contributed by atoms with Crippen LogP contribution in [-0.2, 0) is 11.3 Å². The number of likely N-dealkylation sites (tertiary alicyclic amines) is 1. The highest BCUT2D eigenvalue weighted by molar-refractivity contribution is 6.31. The smallest absolute Gasteiger partial charge is 0.321 e. The van der Waals surface area contributed by atoms with Gasteiger partial charge in [0.25, 0.3) is 0 Å². The summed E-state index contributed by atoms with van der Waals surface area (Å²) in [6, 6.07) is 13.3. The van der Waals surface area contributed by atoms with Crippen LogP contribution in [0.4, 0.5) is 10.5 Å². The Morgan fingerprint density at radius 2 is 1.86 bits per heavy atom. The van der Waals surface area contributed by atoms with Gasteiger partial charge in [0.2, 0.25) is 5.91 Å². The number of nitrogens with one attached hydrogen (secondary N) is 2.